The molecule has 0 saturated carbocycles. The van der Waals surface area contributed by atoms with Crippen molar-refractivity contribution in [1.82, 2.24) is 15.1 Å². The van der Waals surface area contributed by atoms with Gasteiger partial charge in [0.1, 0.15) is 6.10 Å². The van der Waals surface area contributed by atoms with Gasteiger partial charge in [-0.2, -0.15) is 8.78 Å². The Bertz CT molecular complexity index is 547. The highest BCUT2D eigenvalue weighted by atomic mass is 19.3. The summed E-state index contributed by atoms with van der Waals surface area (Å²) < 4.78 is 27.0. The van der Waals surface area contributed by atoms with E-state index in [1.54, 1.807) is 4.90 Å². The van der Waals surface area contributed by atoms with Gasteiger partial charge in [-0.15, -0.1) is 0 Å². The Hall–Kier alpha value is -1.32. The maximum absolute atomic E-state index is 13.5. The Morgan fingerprint density at radius 3 is 2.67 bits per heavy atom. The number of aliphatic hydroxyl groups is 2. The van der Waals surface area contributed by atoms with Gasteiger partial charge in [0.15, 0.2) is 0 Å². The smallest absolute Gasteiger partial charge is 0.349 e. The molecule has 0 spiro atoms. The Kier molecular flexibility index (Phi) is 7.15. The summed E-state index contributed by atoms with van der Waals surface area (Å²) in [6.07, 6.45) is 0.860. The van der Waals surface area contributed by atoms with Crippen molar-refractivity contribution in [2.75, 3.05) is 39.8 Å². The molecule has 0 aromatic carbocycles. The van der Waals surface area contributed by atoms with Gasteiger partial charge in [-0.25, -0.2) is 0 Å². The van der Waals surface area contributed by atoms with E-state index in [9.17, 15) is 23.5 Å². The van der Waals surface area contributed by atoms with Crippen molar-refractivity contribution in [2.24, 2.45) is 5.92 Å². The van der Waals surface area contributed by atoms with Gasteiger partial charge in [0, 0.05) is 26.2 Å². The van der Waals surface area contributed by atoms with Gasteiger partial charge in [-0.1, -0.05) is 0 Å². The number of halogens is 2. The van der Waals surface area contributed by atoms with Crippen LogP contribution in [0.1, 0.15) is 39.0 Å². The van der Waals surface area contributed by atoms with Gasteiger partial charge in [0.2, 0.25) is 5.91 Å². The molecule has 7 nitrogen and oxygen atoms in total. The van der Waals surface area contributed by atoms with E-state index in [0.29, 0.717) is 26.1 Å². The van der Waals surface area contributed by atoms with Gasteiger partial charge < -0.3 is 25.3 Å². The third kappa shape index (κ3) is 5.83. The Balaban J connectivity index is 1.84. The molecule has 2 aliphatic heterocycles. The fourth-order valence-corrected chi connectivity index (χ4v) is 3.88. The lowest BCUT2D eigenvalue weighted by atomic mass is 9.88. The number of β-amino-alcohol motifs (C(OH)–C–C–N with tert-alkyl or cyclic N) is 1. The lowest BCUT2D eigenvalue weighted by molar-refractivity contribution is -0.161. The van der Waals surface area contributed by atoms with Crippen LogP contribution in [-0.2, 0) is 9.59 Å². The fourth-order valence-electron chi connectivity index (χ4n) is 3.88. The summed E-state index contributed by atoms with van der Waals surface area (Å²) in [5.74, 6) is -5.60. The van der Waals surface area contributed by atoms with Gasteiger partial charge in [0.05, 0.1) is 12.0 Å². The molecule has 2 rings (SSSR count). The van der Waals surface area contributed by atoms with Crippen molar-refractivity contribution >= 4 is 11.8 Å². The minimum atomic E-state index is -3.83. The van der Waals surface area contributed by atoms with Gasteiger partial charge >= 0.3 is 5.92 Å². The van der Waals surface area contributed by atoms with E-state index in [4.69, 9.17) is 5.11 Å². The molecule has 0 bridgehead atoms. The van der Waals surface area contributed by atoms with E-state index in [2.05, 4.69) is 5.32 Å². The Labute approximate surface area is 158 Å². The topological polar surface area (TPSA) is 93.1 Å². The number of hydrogen-bond donors (Lipinski definition) is 3. The zero-order valence-corrected chi connectivity index (χ0v) is 16.1. The number of rotatable bonds is 6. The molecular formula is C18H31F2N3O4. The van der Waals surface area contributed by atoms with Crippen molar-refractivity contribution in [2.45, 2.75) is 56.7 Å². The number of aliphatic hydroxyl groups excluding tert-OH is 1. The molecule has 3 unspecified atom stereocenters. The maximum Gasteiger partial charge on any atom is 0.349 e. The van der Waals surface area contributed by atoms with Crippen LogP contribution < -0.4 is 5.32 Å². The molecule has 3 N–H and O–H groups in total. The van der Waals surface area contributed by atoms with E-state index in [0.717, 1.165) is 32.7 Å². The molecule has 0 aliphatic carbocycles. The van der Waals surface area contributed by atoms with E-state index in [-0.39, 0.29) is 24.8 Å². The number of nitrogens with one attached hydrogen (secondary N) is 1. The first kappa shape index (κ1) is 22.0. The molecule has 2 aliphatic rings. The van der Waals surface area contributed by atoms with E-state index >= 15 is 0 Å². The first-order chi connectivity index (χ1) is 12.5. The lowest BCUT2D eigenvalue weighted by Crippen LogP contribution is -2.52. The predicted molar refractivity (Wildman–Crippen MR) is 95.2 cm³/mol. The quantitative estimate of drug-likeness (QED) is 0.602. The van der Waals surface area contributed by atoms with Crippen LogP contribution in [0.2, 0.25) is 0 Å². The number of likely N-dealkylation sites (N-methyl/N-ethyl adjacent to an activating group) is 1. The summed E-state index contributed by atoms with van der Waals surface area (Å²) in [4.78, 5) is 27.8. The Morgan fingerprint density at radius 2 is 2.04 bits per heavy atom. The minimum Gasteiger partial charge on any atom is -0.388 e. The highest BCUT2D eigenvalue weighted by Gasteiger charge is 2.44. The van der Waals surface area contributed by atoms with Crippen molar-refractivity contribution in [3.05, 3.63) is 0 Å². The number of amides is 2. The van der Waals surface area contributed by atoms with Crippen LogP contribution in [0.15, 0.2) is 0 Å². The zero-order valence-electron chi connectivity index (χ0n) is 16.1. The number of piperidine rings is 2. The van der Waals surface area contributed by atoms with E-state index in [1.807, 2.05) is 11.9 Å². The fraction of sp³-hybridized carbons (Fsp3) is 0.889. The SMILES string of the molecule is CC(O)C(F)(F)C(=O)NCC1CCCN(C(=O)CC2(O)CCCN(C)C2)C1. The van der Waals surface area contributed by atoms with Crippen LogP contribution in [0.3, 0.4) is 0 Å². The zero-order chi connectivity index (χ0) is 20.2. The highest BCUT2D eigenvalue weighted by Crippen LogP contribution is 2.26. The summed E-state index contributed by atoms with van der Waals surface area (Å²) in [6.45, 7) is 3.19. The van der Waals surface area contributed by atoms with Gasteiger partial charge in [0.25, 0.3) is 5.91 Å². The molecule has 9 heteroatoms. The monoisotopic (exact) mass is 391 g/mol. The second kappa shape index (κ2) is 8.79. The van der Waals surface area contributed by atoms with Crippen LogP contribution >= 0.6 is 0 Å². The van der Waals surface area contributed by atoms with Crippen molar-refractivity contribution in [3.63, 3.8) is 0 Å². The van der Waals surface area contributed by atoms with E-state index < -0.39 is 23.5 Å². The highest BCUT2D eigenvalue weighted by molar-refractivity contribution is 5.84. The molecule has 156 valence electrons. The normalized spacial score (nSPS) is 28.7. The van der Waals surface area contributed by atoms with Crippen molar-refractivity contribution in [3.8, 4) is 0 Å². The number of carbonyl (C=O) groups excluding carboxylic acids is 2. The molecule has 0 aromatic rings. The number of carbonyl (C=O) groups is 2. The molecule has 2 saturated heterocycles. The summed E-state index contributed by atoms with van der Waals surface area (Å²) in [7, 11) is 1.91. The van der Waals surface area contributed by atoms with Crippen molar-refractivity contribution in [1.29, 1.82) is 0 Å². The van der Waals surface area contributed by atoms with Crippen LogP contribution in [0.4, 0.5) is 8.78 Å². The molecule has 2 amide bonds. The molecular weight excluding hydrogens is 360 g/mol. The number of nitrogens with zero attached hydrogens (tertiary/aromatic N) is 2. The summed E-state index contributed by atoms with van der Waals surface area (Å²) in [5, 5.41) is 21.9. The molecule has 2 heterocycles. The molecule has 0 radical (unpaired) electrons. The number of hydrogen-bond acceptors (Lipinski definition) is 5. The first-order valence-electron chi connectivity index (χ1n) is 9.56. The second-order valence-corrected chi connectivity index (χ2v) is 8.10. The third-order valence-corrected chi connectivity index (χ3v) is 5.48. The van der Waals surface area contributed by atoms with Crippen molar-refractivity contribution < 1.29 is 28.6 Å². The molecule has 0 aromatic heterocycles. The number of likely N-dealkylation sites (tertiary alicyclic amines) is 2. The standard InChI is InChI=1S/C18H31F2N3O4/c1-13(24)18(19,20)16(26)21-10-14-5-3-8-23(11-14)15(25)9-17(27)6-4-7-22(2)12-17/h13-14,24,27H,3-12H2,1-2H3,(H,21,26). The first-order valence-corrected chi connectivity index (χ1v) is 9.56. The second-order valence-electron chi connectivity index (χ2n) is 8.10. The van der Waals surface area contributed by atoms with Crippen LogP contribution in [0.5, 0.6) is 0 Å². The van der Waals surface area contributed by atoms with E-state index in [1.165, 1.54) is 0 Å². The van der Waals surface area contributed by atoms with Gasteiger partial charge in [-0.3, -0.25) is 9.59 Å². The average molecular weight is 391 g/mol. The molecule has 2 fully saturated rings. The molecule has 27 heavy (non-hydrogen) atoms. The number of alkyl halides is 2. The van der Waals surface area contributed by atoms with Crippen LogP contribution in [0.25, 0.3) is 0 Å². The summed E-state index contributed by atoms with van der Waals surface area (Å²) in [6, 6.07) is 0. The summed E-state index contributed by atoms with van der Waals surface area (Å²) >= 11 is 0. The lowest BCUT2D eigenvalue weighted by Gasteiger charge is -2.39. The van der Waals surface area contributed by atoms with Crippen LogP contribution in [-0.4, -0.2) is 89.2 Å². The minimum absolute atomic E-state index is 0.0257. The van der Waals surface area contributed by atoms with Crippen LogP contribution in [0, 0.1) is 5.92 Å². The summed E-state index contributed by atoms with van der Waals surface area (Å²) in [5.41, 5.74) is -1.02. The maximum atomic E-state index is 13.5. The molecule has 3 atom stereocenters. The Morgan fingerprint density at radius 1 is 1.33 bits per heavy atom. The average Bonchev–Trinajstić information content (AvgIpc) is 2.59. The van der Waals surface area contributed by atoms with Gasteiger partial charge in [-0.05, 0) is 52.1 Å². The largest absolute Gasteiger partial charge is 0.388 e. The third-order valence-electron chi connectivity index (χ3n) is 5.48. The predicted octanol–water partition coefficient (Wildman–Crippen LogP) is 0.204.